The predicted octanol–water partition coefficient (Wildman–Crippen LogP) is 3.33. The molecule has 3 aromatic rings. The number of rotatable bonds is 8. The third kappa shape index (κ3) is 4.89. The molecule has 33 heavy (non-hydrogen) atoms. The first-order valence-corrected chi connectivity index (χ1v) is 12.2. The molecule has 1 saturated carbocycles. The molecule has 172 valence electrons. The van der Waals surface area contributed by atoms with Crippen LogP contribution in [0.2, 0.25) is 0 Å². The van der Waals surface area contributed by atoms with E-state index in [4.69, 9.17) is 13.9 Å². The Morgan fingerprint density at radius 3 is 2.42 bits per heavy atom. The average molecular weight is 469 g/mol. The topological polar surface area (TPSA) is 98.1 Å². The highest BCUT2D eigenvalue weighted by atomic mass is 32.2. The first kappa shape index (κ1) is 21.5. The van der Waals surface area contributed by atoms with Gasteiger partial charge in [-0.05, 0) is 54.8 Å². The fourth-order valence-corrected chi connectivity index (χ4v) is 5.01. The highest BCUT2D eigenvalue weighted by molar-refractivity contribution is 7.89. The maximum Gasteiger partial charge on any atom is 0.251 e. The summed E-state index contributed by atoms with van der Waals surface area (Å²) in [6, 6.07) is 15.3. The molecule has 0 unspecified atom stereocenters. The Labute approximate surface area is 192 Å². The second-order valence-electron chi connectivity index (χ2n) is 8.10. The van der Waals surface area contributed by atoms with Crippen molar-refractivity contribution < 1.29 is 27.1 Å². The second-order valence-corrected chi connectivity index (χ2v) is 10.0. The van der Waals surface area contributed by atoms with E-state index >= 15 is 0 Å². The summed E-state index contributed by atoms with van der Waals surface area (Å²) >= 11 is 0. The molecule has 2 aromatic carbocycles. The highest BCUT2D eigenvalue weighted by Gasteiger charge is 2.28. The monoisotopic (exact) mass is 468 g/mol. The van der Waals surface area contributed by atoms with Gasteiger partial charge in [-0.15, -0.1) is 0 Å². The normalized spacial score (nSPS) is 15.4. The van der Waals surface area contributed by atoms with Crippen LogP contribution in [0.25, 0.3) is 0 Å². The Kier molecular flexibility index (Phi) is 5.82. The summed E-state index contributed by atoms with van der Waals surface area (Å²) in [6.07, 6.45) is 3.55. The van der Waals surface area contributed by atoms with Gasteiger partial charge in [-0.1, -0.05) is 12.1 Å². The minimum absolute atomic E-state index is 0.0632. The van der Waals surface area contributed by atoms with Crippen LogP contribution in [0.15, 0.2) is 70.2 Å². The second kappa shape index (κ2) is 8.92. The van der Waals surface area contributed by atoms with E-state index in [1.807, 2.05) is 0 Å². The largest absolute Gasteiger partial charge is 0.486 e. The fourth-order valence-electron chi connectivity index (χ4n) is 3.60. The van der Waals surface area contributed by atoms with Gasteiger partial charge in [0.2, 0.25) is 10.0 Å². The van der Waals surface area contributed by atoms with Gasteiger partial charge < -0.3 is 19.2 Å². The van der Waals surface area contributed by atoms with E-state index in [2.05, 4.69) is 5.32 Å². The fraction of sp³-hybridized carbons (Fsp3) is 0.292. The molecule has 8 nitrogen and oxygen atoms in total. The molecule has 1 fully saturated rings. The summed E-state index contributed by atoms with van der Waals surface area (Å²) in [7, 11) is -3.88. The number of hydrogen-bond acceptors (Lipinski definition) is 6. The minimum atomic E-state index is -3.88. The van der Waals surface area contributed by atoms with Crippen molar-refractivity contribution in [3.8, 4) is 11.5 Å². The van der Waals surface area contributed by atoms with Gasteiger partial charge in [0, 0.05) is 24.2 Å². The molecule has 0 radical (unpaired) electrons. The van der Waals surface area contributed by atoms with Gasteiger partial charge in [0.15, 0.2) is 11.5 Å². The van der Waals surface area contributed by atoms with E-state index in [1.54, 1.807) is 42.5 Å². The number of sulfonamides is 1. The highest BCUT2D eigenvalue weighted by Crippen LogP contribution is 2.34. The number of furan rings is 1. The van der Waals surface area contributed by atoms with Crippen LogP contribution in [-0.4, -0.2) is 37.9 Å². The van der Waals surface area contributed by atoms with Crippen molar-refractivity contribution >= 4 is 15.9 Å². The SMILES string of the molecule is O=C(NC1CC1)c1ccc(CN(Cc2ccco2)S(=O)(=O)c2ccc3c(c2)OCCO3)cc1. The maximum absolute atomic E-state index is 13.6. The standard InChI is InChI=1S/C24H24N2O6S/c27-24(25-19-7-8-19)18-5-3-17(4-6-18)15-26(16-20-2-1-11-30-20)33(28,29)21-9-10-22-23(14-21)32-13-12-31-22/h1-6,9-11,14,19H,7-8,12-13,15-16H2,(H,25,27). The zero-order chi connectivity index (χ0) is 22.8. The molecule has 1 aliphatic carbocycles. The summed E-state index contributed by atoms with van der Waals surface area (Å²) in [5, 5.41) is 2.95. The third-order valence-electron chi connectivity index (χ3n) is 5.55. The van der Waals surface area contributed by atoms with Gasteiger partial charge in [-0.3, -0.25) is 4.79 Å². The van der Waals surface area contributed by atoms with Crippen LogP contribution in [0.1, 0.15) is 34.5 Å². The molecule has 0 atom stereocenters. The zero-order valence-corrected chi connectivity index (χ0v) is 18.7. The number of ether oxygens (including phenoxy) is 2. The Morgan fingerprint density at radius 1 is 0.970 bits per heavy atom. The maximum atomic E-state index is 13.6. The first-order valence-electron chi connectivity index (χ1n) is 10.8. The molecular weight excluding hydrogens is 444 g/mol. The van der Waals surface area contributed by atoms with Crippen molar-refractivity contribution in [3.63, 3.8) is 0 Å². The van der Waals surface area contributed by atoms with Crippen LogP contribution in [-0.2, 0) is 23.1 Å². The molecule has 1 N–H and O–H groups in total. The number of carbonyl (C=O) groups excluding carboxylic acids is 1. The Hall–Kier alpha value is -3.30. The lowest BCUT2D eigenvalue weighted by atomic mass is 10.1. The number of nitrogens with one attached hydrogen (secondary N) is 1. The van der Waals surface area contributed by atoms with Crippen molar-refractivity contribution in [1.29, 1.82) is 0 Å². The molecular formula is C24H24N2O6S. The van der Waals surface area contributed by atoms with Gasteiger partial charge in [-0.2, -0.15) is 4.31 Å². The van der Waals surface area contributed by atoms with Crippen molar-refractivity contribution in [2.24, 2.45) is 0 Å². The molecule has 0 saturated heterocycles. The van der Waals surface area contributed by atoms with E-state index < -0.39 is 10.0 Å². The van der Waals surface area contributed by atoms with E-state index in [0.29, 0.717) is 36.0 Å². The Morgan fingerprint density at radius 2 is 1.73 bits per heavy atom. The lowest BCUT2D eigenvalue weighted by molar-refractivity contribution is 0.0951. The zero-order valence-electron chi connectivity index (χ0n) is 17.9. The Bertz CT molecular complexity index is 1230. The van der Waals surface area contributed by atoms with E-state index in [9.17, 15) is 13.2 Å². The number of benzene rings is 2. The third-order valence-corrected chi connectivity index (χ3v) is 7.34. The molecule has 0 bridgehead atoms. The minimum Gasteiger partial charge on any atom is -0.486 e. The van der Waals surface area contributed by atoms with Crippen LogP contribution < -0.4 is 14.8 Å². The van der Waals surface area contributed by atoms with Crippen LogP contribution in [0.3, 0.4) is 0 Å². The molecule has 1 amide bonds. The average Bonchev–Trinajstić information content (AvgIpc) is 3.49. The van der Waals surface area contributed by atoms with Crippen molar-refractivity contribution in [2.75, 3.05) is 13.2 Å². The van der Waals surface area contributed by atoms with Crippen molar-refractivity contribution in [1.82, 2.24) is 9.62 Å². The smallest absolute Gasteiger partial charge is 0.251 e. The summed E-state index contributed by atoms with van der Waals surface area (Å²) in [5.74, 6) is 1.35. The lowest BCUT2D eigenvalue weighted by Gasteiger charge is -2.23. The van der Waals surface area contributed by atoms with Crippen molar-refractivity contribution in [3.05, 3.63) is 77.7 Å². The summed E-state index contributed by atoms with van der Waals surface area (Å²) in [4.78, 5) is 12.4. The van der Waals surface area contributed by atoms with Crippen molar-refractivity contribution in [2.45, 2.75) is 36.9 Å². The summed E-state index contributed by atoms with van der Waals surface area (Å²) < 4.78 is 45.0. The number of amides is 1. The Balaban J connectivity index is 1.40. The van der Waals surface area contributed by atoms with Crippen LogP contribution in [0.5, 0.6) is 11.5 Å². The number of fused-ring (bicyclic) bond motifs is 1. The van der Waals surface area contributed by atoms with Gasteiger partial charge in [0.1, 0.15) is 19.0 Å². The van der Waals surface area contributed by atoms with E-state index in [1.165, 1.54) is 22.7 Å². The quantitative estimate of drug-likeness (QED) is 0.545. The van der Waals surface area contributed by atoms with Gasteiger partial charge in [-0.25, -0.2) is 8.42 Å². The summed E-state index contributed by atoms with van der Waals surface area (Å²) in [5.41, 5.74) is 1.31. The number of nitrogens with zero attached hydrogens (tertiary/aromatic N) is 1. The van der Waals surface area contributed by atoms with Gasteiger partial charge in [0.05, 0.1) is 17.7 Å². The molecule has 1 aliphatic heterocycles. The number of hydrogen-bond donors (Lipinski definition) is 1. The van der Waals surface area contributed by atoms with Gasteiger partial charge in [0.25, 0.3) is 5.91 Å². The first-order chi connectivity index (χ1) is 16.0. The molecule has 5 rings (SSSR count). The van der Waals surface area contributed by atoms with Gasteiger partial charge >= 0.3 is 0 Å². The number of carbonyl (C=O) groups is 1. The van der Waals surface area contributed by atoms with Crippen LogP contribution in [0.4, 0.5) is 0 Å². The lowest BCUT2D eigenvalue weighted by Crippen LogP contribution is -2.30. The summed E-state index contributed by atoms with van der Waals surface area (Å²) in [6.45, 7) is 0.974. The van der Waals surface area contributed by atoms with Crippen LogP contribution in [0, 0.1) is 0 Å². The molecule has 2 aliphatic rings. The molecule has 1 aromatic heterocycles. The molecule has 2 heterocycles. The van der Waals surface area contributed by atoms with E-state index in [-0.39, 0.29) is 29.9 Å². The van der Waals surface area contributed by atoms with E-state index in [0.717, 1.165) is 18.4 Å². The molecule has 0 spiro atoms. The predicted molar refractivity (Wildman–Crippen MR) is 120 cm³/mol. The molecule has 9 heteroatoms. The van der Waals surface area contributed by atoms with Crippen LogP contribution >= 0.6 is 0 Å².